The molecule has 0 radical (unpaired) electrons. The summed E-state index contributed by atoms with van der Waals surface area (Å²) in [4.78, 5) is 18.4. The van der Waals surface area contributed by atoms with Crippen LogP contribution in [0.25, 0.3) is 10.9 Å². The van der Waals surface area contributed by atoms with Crippen LogP contribution in [0.15, 0.2) is 48.5 Å². The zero-order chi connectivity index (χ0) is 19.1. The number of rotatable bonds is 4. The number of hydrogen-bond acceptors (Lipinski definition) is 2. The minimum atomic E-state index is -0.369. The molecule has 0 spiro atoms. The number of nitrogens with one attached hydrogen (secondary N) is 2. The number of amides is 1. The summed E-state index contributed by atoms with van der Waals surface area (Å²) in [6.07, 6.45) is 5.19. The Labute approximate surface area is 163 Å². The molecule has 28 heavy (non-hydrogen) atoms. The van der Waals surface area contributed by atoms with Crippen molar-refractivity contribution >= 4 is 22.5 Å². The number of H-pyrrole nitrogens is 1. The van der Waals surface area contributed by atoms with Crippen LogP contribution in [0.3, 0.4) is 0 Å². The van der Waals surface area contributed by atoms with Crippen LogP contribution >= 0.6 is 0 Å². The van der Waals surface area contributed by atoms with Gasteiger partial charge in [-0.2, -0.15) is 0 Å². The molecular formula is C23H24FN3O. The standard InChI is InChI=1S/C23H24FN3O/c24-18-4-1-5-19(13-18)25-23(28)22-12-17-11-15(6-9-21(17)26-22)16-3-2-10-27(14-16)20-7-8-20/h1,4-6,9,11-13,16,20,26H,2-3,7-8,10,14H2,(H,25,28)/t16-/m0/s1. The number of aromatic amines is 1. The first-order valence-electron chi connectivity index (χ1n) is 10.1. The van der Waals surface area contributed by atoms with Gasteiger partial charge >= 0.3 is 0 Å². The summed E-state index contributed by atoms with van der Waals surface area (Å²) in [7, 11) is 0. The second kappa shape index (κ2) is 7.06. The molecule has 1 saturated carbocycles. The maximum atomic E-state index is 13.3. The Hall–Kier alpha value is -2.66. The summed E-state index contributed by atoms with van der Waals surface area (Å²) in [6, 6.07) is 15.1. The molecular weight excluding hydrogens is 353 g/mol. The van der Waals surface area contributed by atoms with E-state index >= 15 is 0 Å². The molecule has 5 heteroatoms. The molecule has 5 rings (SSSR count). The normalized spacial score (nSPS) is 20.4. The van der Waals surface area contributed by atoms with Crippen molar-refractivity contribution in [2.75, 3.05) is 18.4 Å². The highest BCUT2D eigenvalue weighted by atomic mass is 19.1. The fourth-order valence-corrected chi connectivity index (χ4v) is 4.34. The van der Waals surface area contributed by atoms with Gasteiger partial charge in [-0.05, 0) is 80.1 Å². The summed E-state index contributed by atoms with van der Waals surface area (Å²) >= 11 is 0. The van der Waals surface area contributed by atoms with Crippen LogP contribution in [0.1, 0.15) is 47.7 Å². The quantitative estimate of drug-likeness (QED) is 0.679. The highest BCUT2D eigenvalue weighted by Gasteiger charge is 2.32. The molecule has 2 heterocycles. The van der Waals surface area contributed by atoms with E-state index in [1.165, 1.54) is 49.9 Å². The van der Waals surface area contributed by atoms with E-state index in [1.807, 2.05) is 6.07 Å². The number of likely N-dealkylation sites (tertiary alicyclic amines) is 1. The molecule has 2 fully saturated rings. The lowest BCUT2D eigenvalue weighted by molar-refractivity contribution is 0.102. The van der Waals surface area contributed by atoms with Gasteiger partial charge in [-0.1, -0.05) is 12.1 Å². The van der Waals surface area contributed by atoms with Gasteiger partial charge in [0.25, 0.3) is 5.91 Å². The Bertz CT molecular complexity index is 1020. The van der Waals surface area contributed by atoms with E-state index in [0.717, 1.165) is 23.5 Å². The fourth-order valence-electron chi connectivity index (χ4n) is 4.34. The van der Waals surface area contributed by atoms with E-state index in [4.69, 9.17) is 0 Å². The molecule has 144 valence electrons. The maximum absolute atomic E-state index is 13.3. The zero-order valence-corrected chi connectivity index (χ0v) is 15.7. The van der Waals surface area contributed by atoms with Crippen LogP contribution in [0, 0.1) is 5.82 Å². The number of fused-ring (bicyclic) bond motifs is 1. The van der Waals surface area contributed by atoms with Crippen LogP contribution in [0.2, 0.25) is 0 Å². The number of nitrogens with zero attached hydrogens (tertiary/aromatic N) is 1. The number of hydrogen-bond donors (Lipinski definition) is 2. The largest absolute Gasteiger partial charge is 0.351 e. The van der Waals surface area contributed by atoms with Crippen LogP contribution in [-0.4, -0.2) is 34.9 Å². The Morgan fingerprint density at radius 1 is 1.11 bits per heavy atom. The van der Waals surface area contributed by atoms with Crippen molar-refractivity contribution in [1.29, 1.82) is 0 Å². The van der Waals surface area contributed by atoms with E-state index in [1.54, 1.807) is 12.1 Å². The SMILES string of the molecule is O=C(Nc1cccc(F)c1)c1cc2cc([C@H]3CCCN(C4CC4)C3)ccc2[nH]1. The highest BCUT2D eigenvalue weighted by molar-refractivity contribution is 6.06. The van der Waals surface area contributed by atoms with Gasteiger partial charge < -0.3 is 10.3 Å². The summed E-state index contributed by atoms with van der Waals surface area (Å²) in [5.41, 5.74) is 3.24. The molecule has 1 aromatic heterocycles. The van der Waals surface area contributed by atoms with E-state index in [0.29, 0.717) is 17.3 Å². The molecule has 2 aliphatic rings. The van der Waals surface area contributed by atoms with Crippen LogP contribution in [0.4, 0.5) is 10.1 Å². The van der Waals surface area contributed by atoms with Gasteiger partial charge in [-0.3, -0.25) is 9.69 Å². The molecule has 1 aliphatic heterocycles. The lowest BCUT2D eigenvalue weighted by atomic mass is 9.90. The van der Waals surface area contributed by atoms with Crippen LogP contribution in [-0.2, 0) is 0 Å². The van der Waals surface area contributed by atoms with Gasteiger partial charge in [0.2, 0.25) is 0 Å². The van der Waals surface area contributed by atoms with E-state index < -0.39 is 0 Å². The summed E-state index contributed by atoms with van der Waals surface area (Å²) < 4.78 is 13.3. The summed E-state index contributed by atoms with van der Waals surface area (Å²) in [5.74, 6) is -0.0639. The van der Waals surface area contributed by atoms with Gasteiger partial charge in [-0.25, -0.2) is 4.39 Å². The van der Waals surface area contributed by atoms with Gasteiger partial charge in [0.15, 0.2) is 0 Å². The van der Waals surface area contributed by atoms with Crippen molar-refractivity contribution < 1.29 is 9.18 Å². The summed E-state index contributed by atoms with van der Waals surface area (Å²) in [6.45, 7) is 2.38. The minimum absolute atomic E-state index is 0.263. The molecule has 0 bridgehead atoms. The molecule has 0 unspecified atom stereocenters. The fraction of sp³-hybridized carbons (Fsp3) is 0.348. The monoisotopic (exact) mass is 377 g/mol. The van der Waals surface area contributed by atoms with E-state index in [9.17, 15) is 9.18 Å². The number of benzene rings is 2. The second-order valence-electron chi connectivity index (χ2n) is 8.06. The minimum Gasteiger partial charge on any atom is -0.351 e. The lowest BCUT2D eigenvalue weighted by Gasteiger charge is -2.33. The predicted molar refractivity (Wildman–Crippen MR) is 109 cm³/mol. The van der Waals surface area contributed by atoms with Crippen molar-refractivity contribution in [2.24, 2.45) is 0 Å². The average Bonchev–Trinajstić information content (AvgIpc) is 3.46. The molecule has 1 aliphatic carbocycles. The number of halogens is 1. The molecule has 1 atom stereocenters. The van der Waals surface area contributed by atoms with Crippen molar-refractivity contribution in [1.82, 2.24) is 9.88 Å². The van der Waals surface area contributed by atoms with Gasteiger partial charge in [-0.15, -0.1) is 0 Å². The van der Waals surface area contributed by atoms with Crippen molar-refractivity contribution in [2.45, 2.75) is 37.6 Å². The first kappa shape index (κ1) is 17.4. The van der Waals surface area contributed by atoms with Crippen LogP contribution in [0.5, 0.6) is 0 Å². The third-order valence-corrected chi connectivity index (χ3v) is 5.96. The van der Waals surface area contributed by atoms with Gasteiger partial charge in [0, 0.05) is 29.2 Å². The summed E-state index contributed by atoms with van der Waals surface area (Å²) in [5, 5.41) is 3.79. The first-order valence-corrected chi connectivity index (χ1v) is 10.1. The van der Waals surface area contributed by atoms with Crippen molar-refractivity contribution in [3.63, 3.8) is 0 Å². The van der Waals surface area contributed by atoms with Crippen molar-refractivity contribution in [3.05, 3.63) is 65.6 Å². The number of anilines is 1. The average molecular weight is 377 g/mol. The Morgan fingerprint density at radius 3 is 2.82 bits per heavy atom. The van der Waals surface area contributed by atoms with E-state index in [-0.39, 0.29) is 11.7 Å². The molecule has 2 N–H and O–H groups in total. The van der Waals surface area contributed by atoms with Crippen molar-refractivity contribution in [3.8, 4) is 0 Å². The van der Waals surface area contributed by atoms with Crippen LogP contribution < -0.4 is 5.32 Å². The highest BCUT2D eigenvalue weighted by Crippen LogP contribution is 2.35. The lowest BCUT2D eigenvalue weighted by Crippen LogP contribution is -2.35. The number of aromatic nitrogens is 1. The Kier molecular flexibility index (Phi) is 4.40. The zero-order valence-electron chi connectivity index (χ0n) is 15.7. The van der Waals surface area contributed by atoms with Gasteiger partial charge in [0.05, 0.1) is 0 Å². The third kappa shape index (κ3) is 3.54. The Morgan fingerprint density at radius 2 is 2.00 bits per heavy atom. The third-order valence-electron chi connectivity index (χ3n) is 5.96. The number of carbonyl (C=O) groups is 1. The molecule has 3 aromatic rings. The smallest absolute Gasteiger partial charge is 0.272 e. The predicted octanol–water partition coefficient (Wildman–Crippen LogP) is 4.90. The van der Waals surface area contributed by atoms with E-state index in [2.05, 4.69) is 33.4 Å². The number of piperidine rings is 1. The molecule has 2 aromatic carbocycles. The second-order valence-corrected chi connectivity index (χ2v) is 8.06. The maximum Gasteiger partial charge on any atom is 0.272 e. The topological polar surface area (TPSA) is 48.1 Å². The Balaban J connectivity index is 1.35. The molecule has 1 saturated heterocycles. The molecule has 4 nitrogen and oxygen atoms in total. The number of carbonyl (C=O) groups excluding carboxylic acids is 1. The molecule has 1 amide bonds. The van der Waals surface area contributed by atoms with Gasteiger partial charge in [0.1, 0.15) is 11.5 Å². The first-order chi connectivity index (χ1) is 13.7.